The molecule has 0 spiro atoms. The predicted octanol–water partition coefficient (Wildman–Crippen LogP) is -0.173. The van der Waals surface area contributed by atoms with Crippen molar-refractivity contribution in [1.29, 1.82) is 0 Å². The van der Waals surface area contributed by atoms with Crippen LogP contribution in [0.2, 0.25) is 0 Å². The first-order chi connectivity index (χ1) is 9.85. The highest BCUT2D eigenvalue weighted by Gasteiger charge is 2.45. The van der Waals surface area contributed by atoms with Crippen LogP contribution in [0.5, 0.6) is 0 Å². The van der Waals surface area contributed by atoms with Gasteiger partial charge in [-0.15, -0.1) is 0 Å². The molecule has 0 aromatic rings. The van der Waals surface area contributed by atoms with Crippen LogP contribution in [0.1, 0.15) is 20.8 Å². The Morgan fingerprint density at radius 2 is 1.81 bits per heavy atom. The SMILES string of the molecule is CO[C@H]1[C@H]([C@@H](COC(C)=O)OC(C)=O)OC[C@@H]1OC(C)=O. The van der Waals surface area contributed by atoms with Crippen LogP contribution in [0.25, 0.3) is 0 Å². The van der Waals surface area contributed by atoms with Crippen LogP contribution >= 0.6 is 0 Å². The molecule has 21 heavy (non-hydrogen) atoms. The average molecular weight is 304 g/mol. The fourth-order valence-electron chi connectivity index (χ4n) is 2.13. The van der Waals surface area contributed by atoms with Crippen molar-refractivity contribution in [1.82, 2.24) is 0 Å². The van der Waals surface area contributed by atoms with Crippen molar-refractivity contribution in [3.05, 3.63) is 0 Å². The molecule has 0 N–H and O–H groups in total. The first-order valence-corrected chi connectivity index (χ1v) is 6.47. The summed E-state index contributed by atoms with van der Waals surface area (Å²) in [6, 6.07) is 0. The van der Waals surface area contributed by atoms with Gasteiger partial charge < -0.3 is 23.7 Å². The molecule has 0 bridgehead atoms. The molecule has 1 saturated heterocycles. The first-order valence-electron chi connectivity index (χ1n) is 6.47. The first kappa shape index (κ1) is 17.4. The van der Waals surface area contributed by atoms with Crippen molar-refractivity contribution in [2.24, 2.45) is 0 Å². The van der Waals surface area contributed by atoms with Crippen LogP contribution in [0.4, 0.5) is 0 Å². The van der Waals surface area contributed by atoms with E-state index in [4.69, 9.17) is 23.7 Å². The average Bonchev–Trinajstić information content (AvgIpc) is 2.75. The highest BCUT2D eigenvalue weighted by atomic mass is 16.6. The maximum atomic E-state index is 11.2. The van der Waals surface area contributed by atoms with E-state index in [0.29, 0.717) is 0 Å². The summed E-state index contributed by atoms with van der Waals surface area (Å²) in [4.78, 5) is 33.1. The van der Waals surface area contributed by atoms with E-state index in [1.165, 1.54) is 27.9 Å². The summed E-state index contributed by atoms with van der Waals surface area (Å²) in [5.74, 6) is -1.51. The minimum atomic E-state index is -0.836. The van der Waals surface area contributed by atoms with Gasteiger partial charge in [-0.25, -0.2) is 0 Å². The normalized spacial score (nSPS) is 26.0. The highest BCUT2D eigenvalue weighted by Crippen LogP contribution is 2.25. The lowest BCUT2D eigenvalue weighted by atomic mass is 10.1. The lowest BCUT2D eigenvalue weighted by molar-refractivity contribution is -0.170. The zero-order valence-corrected chi connectivity index (χ0v) is 12.5. The number of ether oxygens (including phenoxy) is 5. The molecule has 4 atom stereocenters. The van der Waals surface area contributed by atoms with E-state index < -0.39 is 42.3 Å². The topological polar surface area (TPSA) is 97.4 Å². The van der Waals surface area contributed by atoms with Gasteiger partial charge in [-0.05, 0) is 0 Å². The quantitative estimate of drug-likeness (QED) is 0.492. The molecule has 120 valence electrons. The number of esters is 3. The number of methoxy groups -OCH3 is 1. The molecular formula is C13H20O8. The van der Waals surface area contributed by atoms with Crippen molar-refractivity contribution in [2.45, 2.75) is 45.2 Å². The molecule has 1 aliphatic rings. The summed E-state index contributed by atoms with van der Waals surface area (Å²) in [5, 5.41) is 0. The third kappa shape index (κ3) is 5.31. The predicted molar refractivity (Wildman–Crippen MR) is 68.3 cm³/mol. The van der Waals surface area contributed by atoms with Gasteiger partial charge in [0.2, 0.25) is 0 Å². The van der Waals surface area contributed by atoms with Gasteiger partial charge in [-0.3, -0.25) is 14.4 Å². The summed E-state index contributed by atoms with van der Waals surface area (Å²) >= 11 is 0. The van der Waals surface area contributed by atoms with Crippen LogP contribution in [0, 0.1) is 0 Å². The van der Waals surface area contributed by atoms with Crippen LogP contribution in [-0.2, 0) is 38.1 Å². The number of carbonyl (C=O) groups excluding carboxylic acids is 3. The van der Waals surface area contributed by atoms with Gasteiger partial charge in [-0.2, -0.15) is 0 Å². The molecular weight excluding hydrogens is 284 g/mol. The smallest absolute Gasteiger partial charge is 0.303 e. The second-order valence-corrected chi connectivity index (χ2v) is 4.60. The van der Waals surface area contributed by atoms with Crippen LogP contribution in [0.3, 0.4) is 0 Å². The summed E-state index contributed by atoms with van der Waals surface area (Å²) < 4.78 is 25.8. The van der Waals surface area contributed by atoms with Gasteiger partial charge in [0.1, 0.15) is 18.8 Å². The van der Waals surface area contributed by atoms with E-state index in [9.17, 15) is 14.4 Å². The number of hydrogen-bond donors (Lipinski definition) is 0. The van der Waals surface area contributed by atoms with E-state index in [1.54, 1.807) is 0 Å². The Balaban J connectivity index is 2.77. The van der Waals surface area contributed by atoms with Crippen molar-refractivity contribution in [3.8, 4) is 0 Å². The van der Waals surface area contributed by atoms with Crippen molar-refractivity contribution in [3.63, 3.8) is 0 Å². The maximum absolute atomic E-state index is 11.2. The molecule has 1 heterocycles. The van der Waals surface area contributed by atoms with Crippen LogP contribution < -0.4 is 0 Å². The van der Waals surface area contributed by atoms with E-state index in [1.807, 2.05) is 0 Å². The van der Waals surface area contributed by atoms with Crippen molar-refractivity contribution >= 4 is 17.9 Å². The van der Waals surface area contributed by atoms with Crippen LogP contribution in [0.15, 0.2) is 0 Å². The van der Waals surface area contributed by atoms with Gasteiger partial charge in [-0.1, -0.05) is 0 Å². The zero-order chi connectivity index (χ0) is 16.0. The fraction of sp³-hybridized carbons (Fsp3) is 0.769. The molecule has 0 radical (unpaired) electrons. The van der Waals surface area contributed by atoms with Crippen molar-refractivity contribution in [2.75, 3.05) is 20.3 Å². The maximum Gasteiger partial charge on any atom is 0.303 e. The molecule has 0 unspecified atom stereocenters. The molecule has 0 saturated carbocycles. The van der Waals surface area contributed by atoms with Gasteiger partial charge in [0.15, 0.2) is 12.2 Å². The lowest BCUT2D eigenvalue weighted by Gasteiger charge is -2.27. The molecule has 0 aromatic heterocycles. The minimum absolute atomic E-state index is 0.112. The summed E-state index contributed by atoms with van der Waals surface area (Å²) in [6.07, 6.45) is -2.75. The Hall–Kier alpha value is -1.67. The molecule has 0 amide bonds. The minimum Gasteiger partial charge on any atom is -0.462 e. The Bertz CT molecular complexity index is 394. The molecule has 1 aliphatic heterocycles. The highest BCUT2D eigenvalue weighted by molar-refractivity contribution is 5.67. The number of hydrogen-bond acceptors (Lipinski definition) is 8. The standard InChI is InChI=1S/C13H20O8/c1-7(14)18-5-11(21-9(3)16)13-12(17-4)10(6-19-13)20-8(2)15/h10-13H,5-6H2,1-4H3/t10-,11+,12+,13-/m0/s1. The molecule has 0 aromatic carbocycles. The van der Waals surface area contributed by atoms with Gasteiger partial charge in [0, 0.05) is 27.9 Å². The number of carbonyl (C=O) groups is 3. The summed E-state index contributed by atoms with van der Waals surface area (Å²) in [7, 11) is 1.43. The molecule has 0 aliphatic carbocycles. The summed E-state index contributed by atoms with van der Waals surface area (Å²) in [5.41, 5.74) is 0. The third-order valence-corrected chi connectivity index (χ3v) is 2.87. The fourth-order valence-corrected chi connectivity index (χ4v) is 2.13. The largest absolute Gasteiger partial charge is 0.462 e. The van der Waals surface area contributed by atoms with Gasteiger partial charge in [0.05, 0.1) is 6.61 Å². The van der Waals surface area contributed by atoms with E-state index in [-0.39, 0.29) is 13.2 Å². The van der Waals surface area contributed by atoms with E-state index >= 15 is 0 Å². The Morgan fingerprint density at radius 3 is 2.29 bits per heavy atom. The van der Waals surface area contributed by atoms with Gasteiger partial charge in [0.25, 0.3) is 0 Å². The lowest BCUT2D eigenvalue weighted by Crippen LogP contribution is -2.45. The zero-order valence-electron chi connectivity index (χ0n) is 12.5. The Kier molecular flexibility index (Phi) is 6.57. The second kappa shape index (κ2) is 7.94. The van der Waals surface area contributed by atoms with Gasteiger partial charge >= 0.3 is 17.9 Å². The van der Waals surface area contributed by atoms with Crippen LogP contribution in [-0.4, -0.2) is 62.6 Å². The molecule has 1 rings (SSSR count). The number of rotatable bonds is 6. The molecule has 1 fully saturated rings. The Morgan fingerprint density at radius 1 is 1.14 bits per heavy atom. The third-order valence-electron chi connectivity index (χ3n) is 2.87. The monoisotopic (exact) mass is 304 g/mol. The molecule has 8 nitrogen and oxygen atoms in total. The van der Waals surface area contributed by atoms with E-state index in [0.717, 1.165) is 0 Å². The second-order valence-electron chi connectivity index (χ2n) is 4.60. The van der Waals surface area contributed by atoms with E-state index in [2.05, 4.69) is 0 Å². The Labute approximate surface area is 122 Å². The summed E-state index contributed by atoms with van der Waals surface area (Å²) in [6.45, 7) is 3.71. The van der Waals surface area contributed by atoms with Crippen molar-refractivity contribution < 1.29 is 38.1 Å². The molecule has 8 heteroatoms.